The molecule has 3 amide bonds. The number of nitrogens with zero attached hydrogens (tertiary/aromatic N) is 4. The van der Waals surface area contributed by atoms with Crippen LogP contribution in [-0.4, -0.2) is 94.5 Å². The molecule has 2 saturated carbocycles. The van der Waals surface area contributed by atoms with E-state index in [0.717, 1.165) is 89.4 Å². The molecule has 3 aromatic rings. The Bertz CT molecular complexity index is 1950. The summed E-state index contributed by atoms with van der Waals surface area (Å²) >= 11 is 0. The van der Waals surface area contributed by atoms with Crippen molar-refractivity contribution in [1.29, 1.82) is 0 Å². The number of anilines is 3. The van der Waals surface area contributed by atoms with Gasteiger partial charge in [-0.3, -0.25) is 19.7 Å². The number of amides is 3. The maximum absolute atomic E-state index is 15.3. The van der Waals surface area contributed by atoms with Crippen LogP contribution in [0.2, 0.25) is 0 Å². The number of aliphatic hydroxyl groups excluding tert-OH is 1. The number of carbonyl (C=O) groups is 3. The summed E-state index contributed by atoms with van der Waals surface area (Å²) in [7, 11) is 0. The number of aromatic nitrogens is 2. The predicted molar refractivity (Wildman–Crippen MR) is 215 cm³/mol. The smallest absolute Gasteiger partial charge is 0.249 e. The van der Waals surface area contributed by atoms with Gasteiger partial charge in [0.25, 0.3) is 0 Å². The lowest BCUT2D eigenvalue weighted by molar-refractivity contribution is -0.133. The molecule has 5 N–H and O–H groups in total. The molecule has 58 heavy (non-hydrogen) atoms. The standard InChI is InChI=1S/C43H54F2N8O5/c44-35-24-31(47-37-15-16-38(54)50-41(37)56)11-14-34(35)26-17-20-52(21-18-26)32-12-5-27(6-13-32)40(55)48-29-7-9-30(10-8-29)49-42-46-25-36(45)39(51-42)28-3-1-4-33(23-28)53-19-2-22-58-43(53)57/h1,3-4,11,14,23-27,29-30,32,37,43,47,57H,2,5-10,12-13,15-22H2,(H,48,55)(H,46,49,51)(H,50,54,56). The van der Waals surface area contributed by atoms with Crippen molar-refractivity contribution in [2.75, 3.05) is 41.8 Å². The molecule has 310 valence electrons. The molecule has 0 spiro atoms. The Morgan fingerprint density at radius 1 is 0.862 bits per heavy atom. The summed E-state index contributed by atoms with van der Waals surface area (Å²) in [5.41, 5.74) is 2.75. The van der Waals surface area contributed by atoms with Crippen LogP contribution in [-0.2, 0) is 19.1 Å². The van der Waals surface area contributed by atoms with Crippen LogP contribution < -0.4 is 26.2 Å². The second-order valence-corrected chi connectivity index (χ2v) is 16.6. The van der Waals surface area contributed by atoms with Gasteiger partial charge in [0.05, 0.1) is 12.8 Å². The van der Waals surface area contributed by atoms with Crippen LogP contribution in [0.3, 0.4) is 0 Å². The van der Waals surface area contributed by atoms with Gasteiger partial charge in [-0.1, -0.05) is 18.2 Å². The first kappa shape index (κ1) is 40.1. The highest BCUT2D eigenvalue weighted by molar-refractivity contribution is 6.01. The van der Waals surface area contributed by atoms with Crippen molar-refractivity contribution in [3.05, 3.63) is 65.9 Å². The minimum atomic E-state index is -1.04. The molecule has 13 nitrogen and oxygen atoms in total. The van der Waals surface area contributed by atoms with Crippen molar-refractivity contribution in [2.45, 2.75) is 120 Å². The average molecular weight is 801 g/mol. The number of hydrogen-bond acceptors (Lipinski definition) is 11. The van der Waals surface area contributed by atoms with Gasteiger partial charge in [-0.2, -0.15) is 0 Å². The Labute approximate surface area is 337 Å². The molecule has 0 radical (unpaired) electrons. The van der Waals surface area contributed by atoms with E-state index in [2.05, 4.69) is 36.1 Å². The lowest BCUT2D eigenvalue weighted by atomic mass is 9.82. The average Bonchev–Trinajstić information content (AvgIpc) is 3.24. The van der Waals surface area contributed by atoms with E-state index in [1.165, 1.54) is 12.3 Å². The van der Waals surface area contributed by atoms with Gasteiger partial charge in [0.1, 0.15) is 17.6 Å². The second kappa shape index (κ2) is 18.0. The summed E-state index contributed by atoms with van der Waals surface area (Å²) in [5, 5.41) is 22.4. The van der Waals surface area contributed by atoms with Gasteiger partial charge in [-0.25, -0.2) is 18.7 Å². The normalized spacial score (nSPS) is 27.5. The lowest BCUT2D eigenvalue weighted by Gasteiger charge is -2.41. The van der Waals surface area contributed by atoms with Crippen molar-refractivity contribution < 1.29 is 33.0 Å². The SMILES string of the molecule is O=C1CCC(Nc2ccc(C3CCN(C4CCC(C(=O)NC5CCC(Nc6ncc(F)c(-c7cccc(N8CCCOC8O)c7)n6)CC5)CC4)CC3)c(F)c2)C(=O)N1. The highest BCUT2D eigenvalue weighted by atomic mass is 19.1. The lowest BCUT2D eigenvalue weighted by Crippen LogP contribution is -2.47. The number of likely N-dealkylation sites (tertiary alicyclic amines) is 1. The van der Waals surface area contributed by atoms with E-state index in [0.29, 0.717) is 48.4 Å². The number of benzene rings is 2. The van der Waals surface area contributed by atoms with E-state index in [9.17, 15) is 23.9 Å². The number of hydrogen-bond donors (Lipinski definition) is 5. The third-order valence-corrected chi connectivity index (χ3v) is 12.8. The quantitative estimate of drug-likeness (QED) is 0.167. The molecule has 5 fully saturated rings. The Morgan fingerprint density at radius 2 is 1.64 bits per heavy atom. The zero-order valence-corrected chi connectivity index (χ0v) is 32.8. The summed E-state index contributed by atoms with van der Waals surface area (Å²) in [6.45, 7) is 2.92. The molecule has 5 aliphatic rings. The molecule has 3 saturated heterocycles. The number of carbonyl (C=O) groups excluding carboxylic acids is 3. The summed E-state index contributed by atoms with van der Waals surface area (Å²) in [5.74, 6) is -0.795. The number of ether oxygens (including phenoxy) is 1. The van der Waals surface area contributed by atoms with Crippen LogP contribution in [0.4, 0.5) is 26.1 Å². The molecule has 2 aromatic carbocycles. The second-order valence-electron chi connectivity index (χ2n) is 16.6. The van der Waals surface area contributed by atoms with E-state index < -0.39 is 18.3 Å². The van der Waals surface area contributed by atoms with Crippen LogP contribution in [0.15, 0.2) is 48.7 Å². The van der Waals surface area contributed by atoms with Gasteiger partial charge in [-0.15, -0.1) is 0 Å². The van der Waals surface area contributed by atoms with Gasteiger partial charge in [0, 0.05) is 53.9 Å². The van der Waals surface area contributed by atoms with Crippen molar-refractivity contribution in [3.8, 4) is 11.3 Å². The highest BCUT2D eigenvalue weighted by Crippen LogP contribution is 2.36. The first-order valence-corrected chi connectivity index (χ1v) is 21.1. The summed E-state index contributed by atoms with van der Waals surface area (Å²) in [4.78, 5) is 49.9. The third kappa shape index (κ3) is 9.42. The monoisotopic (exact) mass is 800 g/mol. The molecular formula is C43H54F2N8O5. The van der Waals surface area contributed by atoms with Gasteiger partial charge in [-0.05, 0) is 126 Å². The molecule has 2 aliphatic carbocycles. The molecule has 3 aliphatic heterocycles. The summed E-state index contributed by atoms with van der Waals surface area (Å²) in [6.07, 6.45) is 10.4. The van der Waals surface area contributed by atoms with Crippen LogP contribution in [0, 0.1) is 17.6 Å². The Kier molecular flexibility index (Phi) is 12.5. The fourth-order valence-corrected chi connectivity index (χ4v) is 9.49. The Hall–Kier alpha value is -4.73. The molecule has 2 unspecified atom stereocenters. The molecule has 4 heterocycles. The van der Waals surface area contributed by atoms with E-state index in [-0.39, 0.29) is 59.6 Å². The predicted octanol–water partition coefficient (Wildman–Crippen LogP) is 5.42. The Morgan fingerprint density at radius 3 is 2.38 bits per heavy atom. The summed E-state index contributed by atoms with van der Waals surface area (Å²) in [6, 6.07) is 12.5. The van der Waals surface area contributed by atoms with Gasteiger partial charge in [0.2, 0.25) is 30.1 Å². The van der Waals surface area contributed by atoms with E-state index >= 15 is 4.39 Å². The minimum Gasteiger partial charge on any atom is -0.374 e. The fourth-order valence-electron chi connectivity index (χ4n) is 9.49. The molecular weight excluding hydrogens is 747 g/mol. The van der Waals surface area contributed by atoms with Crippen molar-refractivity contribution in [1.82, 2.24) is 25.5 Å². The number of halogens is 2. The van der Waals surface area contributed by atoms with E-state index in [1.807, 2.05) is 24.3 Å². The first-order chi connectivity index (χ1) is 28.2. The zero-order valence-electron chi connectivity index (χ0n) is 32.8. The minimum absolute atomic E-state index is 0.0151. The number of rotatable bonds is 10. The van der Waals surface area contributed by atoms with Crippen LogP contribution in [0.1, 0.15) is 95.0 Å². The number of piperidine rings is 2. The molecule has 2 atom stereocenters. The van der Waals surface area contributed by atoms with Gasteiger partial charge < -0.3 is 35.6 Å². The van der Waals surface area contributed by atoms with E-state index in [1.54, 1.807) is 17.0 Å². The first-order valence-electron chi connectivity index (χ1n) is 21.1. The molecule has 0 bridgehead atoms. The van der Waals surface area contributed by atoms with Gasteiger partial charge in [0.15, 0.2) is 5.82 Å². The number of aliphatic hydroxyl groups is 1. The largest absolute Gasteiger partial charge is 0.374 e. The maximum atomic E-state index is 15.3. The highest BCUT2D eigenvalue weighted by Gasteiger charge is 2.34. The topological polar surface area (TPSA) is 161 Å². The Balaban J connectivity index is 0.753. The molecule has 15 heteroatoms. The third-order valence-electron chi connectivity index (χ3n) is 12.8. The van der Waals surface area contributed by atoms with Gasteiger partial charge >= 0.3 is 0 Å². The van der Waals surface area contributed by atoms with Crippen molar-refractivity contribution in [3.63, 3.8) is 0 Å². The molecule has 8 rings (SSSR count). The number of imide groups is 1. The number of nitrogens with one attached hydrogen (secondary N) is 4. The van der Waals surface area contributed by atoms with Crippen LogP contribution >= 0.6 is 0 Å². The summed E-state index contributed by atoms with van der Waals surface area (Å²) < 4.78 is 35.6. The van der Waals surface area contributed by atoms with Crippen LogP contribution in [0.25, 0.3) is 11.3 Å². The zero-order chi connectivity index (χ0) is 40.2. The van der Waals surface area contributed by atoms with Crippen molar-refractivity contribution in [2.24, 2.45) is 5.92 Å². The fraction of sp³-hybridized carbons (Fsp3) is 0.558. The maximum Gasteiger partial charge on any atom is 0.249 e. The van der Waals surface area contributed by atoms with Crippen molar-refractivity contribution >= 4 is 35.0 Å². The van der Waals surface area contributed by atoms with E-state index in [4.69, 9.17) is 4.74 Å². The van der Waals surface area contributed by atoms with Crippen LogP contribution in [0.5, 0.6) is 0 Å². The molecule has 1 aromatic heterocycles.